The molecule has 0 aromatic heterocycles. The highest BCUT2D eigenvalue weighted by Gasteiger charge is 2.24. The lowest BCUT2D eigenvalue weighted by Gasteiger charge is -2.21. The zero-order valence-electron chi connectivity index (χ0n) is 26.2. The Bertz CT molecular complexity index is 832. The van der Waals surface area contributed by atoms with Gasteiger partial charge in [0.05, 0.1) is 17.9 Å². The predicted molar refractivity (Wildman–Crippen MR) is 175 cm³/mol. The number of rotatable bonds is 28. The molecule has 238 valence electrons. The Hall–Kier alpha value is -1.70. The van der Waals surface area contributed by atoms with Crippen LogP contribution in [-0.2, 0) is 14.9 Å². The maximum Gasteiger partial charge on any atom is 0.267 e. The number of aliphatic hydroxyl groups excluding tert-OH is 1. The molecule has 0 aliphatic rings. The van der Waals surface area contributed by atoms with E-state index in [1.807, 2.05) is 0 Å². The zero-order chi connectivity index (χ0) is 30.4. The first-order chi connectivity index (χ1) is 19.8. The van der Waals surface area contributed by atoms with Crippen molar-refractivity contribution in [2.24, 2.45) is 0 Å². The minimum absolute atomic E-state index is 0.273. The minimum Gasteiger partial charge on any atom is -0.387 e. The molecule has 0 spiro atoms. The van der Waals surface area contributed by atoms with Crippen molar-refractivity contribution in [2.45, 2.75) is 154 Å². The lowest BCUT2D eigenvalue weighted by molar-refractivity contribution is -0.122. The number of nitrogens with one attached hydrogen (secondary N) is 1. The topological polar surface area (TPSA) is 104 Å². The van der Waals surface area contributed by atoms with E-state index in [-0.39, 0.29) is 12.3 Å². The Morgan fingerprint density at radius 2 is 1.12 bits per heavy atom. The lowest BCUT2D eigenvalue weighted by atomic mass is 10.1. The van der Waals surface area contributed by atoms with Crippen LogP contribution in [0.1, 0.15) is 142 Å². The minimum atomic E-state index is -4.35. The number of hydrogen-bond acceptors (Lipinski definition) is 4. The van der Waals surface area contributed by atoms with Gasteiger partial charge in [-0.25, -0.2) is 0 Å². The van der Waals surface area contributed by atoms with Gasteiger partial charge >= 0.3 is 0 Å². The molecular weight excluding hydrogens is 534 g/mol. The normalized spacial score (nSPS) is 14.1. The molecule has 0 aliphatic heterocycles. The van der Waals surface area contributed by atoms with Crippen LogP contribution in [0.15, 0.2) is 48.6 Å². The molecule has 7 heteroatoms. The second-order valence-electron chi connectivity index (χ2n) is 11.0. The van der Waals surface area contributed by atoms with Gasteiger partial charge < -0.3 is 10.4 Å². The second kappa shape index (κ2) is 28.4. The van der Waals surface area contributed by atoms with Crippen molar-refractivity contribution in [3.8, 4) is 0 Å². The van der Waals surface area contributed by atoms with Gasteiger partial charge in [0.25, 0.3) is 10.1 Å². The fraction of sp³-hybridized carbons (Fsp3) is 0.735. The van der Waals surface area contributed by atoms with Crippen LogP contribution in [0.25, 0.3) is 0 Å². The van der Waals surface area contributed by atoms with Crippen molar-refractivity contribution in [3.05, 3.63) is 48.6 Å². The van der Waals surface area contributed by atoms with E-state index in [2.05, 4.69) is 55.6 Å². The molecule has 0 saturated carbocycles. The second-order valence-corrected chi connectivity index (χ2v) is 12.5. The lowest BCUT2D eigenvalue weighted by Crippen LogP contribution is -2.46. The Labute approximate surface area is 252 Å². The van der Waals surface area contributed by atoms with Crippen LogP contribution >= 0.6 is 0 Å². The molecule has 41 heavy (non-hydrogen) atoms. The molecule has 0 fully saturated rings. The van der Waals surface area contributed by atoms with Crippen molar-refractivity contribution in [2.75, 3.05) is 5.75 Å². The molecule has 0 aliphatic carbocycles. The number of aliphatic hydroxyl groups is 1. The van der Waals surface area contributed by atoms with E-state index < -0.39 is 28.0 Å². The van der Waals surface area contributed by atoms with Gasteiger partial charge in [-0.15, -0.1) is 0 Å². The molecule has 2 atom stereocenters. The molecular formula is C34H61NO5S. The van der Waals surface area contributed by atoms with Crippen molar-refractivity contribution < 1.29 is 22.9 Å². The average Bonchev–Trinajstić information content (AvgIpc) is 2.92. The van der Waals surface area contributed by atoms with E-state index in [0.717, 1.165) is 57.8 Å². The summed E-state index contributed by atoms with van der Waals surface area (Å²) in [5.74, 6) is -1.03. The summed E-state index contributed by atoms with van der Waals surface area (Å²) in [4.78, 5) is 12.4. The number of amides is 1. The number of hydrogen-bond donors (Lipinski definition) is 3. The number of carbonyl (C=O) groups excluding carboxylic acids is 1. The van der Waals surface area contributed by atoms with Gasteiger partial charge in [-0.3, -0.25) is 9.35 Å². The number of carbonyl (C=O) groups is 1. The number of unbranched alkanes of at least 4 members (excludes halogenated alkanes) is 14. The summed E-state index contributed by atoms with van der Waals surface area (Å²) in [6.45, 7) is 4.36. The summed E-state index contributed by atoms with van der Waals surface area (Å²) in [6, 6.07) is -1.08. The largest absolute Gasteiger partial charge is 0.387 e. The molecule has 2 unspecified atom stereocenters. The molecule has 6 nitrogen and oxygen atoms in total. The monoisotopic (exact) mass is 595 g/mol. The highest BCUT2D eigenvalue weighted by atomic mass is 32.2. The van der Waals surface area contributed by atoms with Crippen molar-refractivity contribution in [1.82, 2.24) is 5.32 Å². The summed E-state index contributed by atoms with van der Waals surface area (Å²) in [6.07, 6.45) is 36.7. The average molecular weight is 596 g/mol. The van der Waals surface area contributed by atoms with Gasteiger partial charge in [-0.1, -0.05) is 120 Å². The standard InChI is InChI=1S/C34H61NO5S/c1-3-5-7-9-11-13-15-16-17-18-19-20-22-24-26-28-30-34(37)35-32(31-41(38,39)40)33(36)29-27-25-23-21-14-12-10-8-6-4-2/h6,8,14,17-18,21,27,29,32-33,36H,3-5,7,9-13,15-16,19-20,22-26,28,30-31H2,1-2H3,(H,35,37)(H,38,39,40)/b8-6+,18-17-,21-14+,29-27+. The first-order valence-electron chi connectivity index (χ1n) is 16.3. The van der Waals surface area contributed by atoms with E-state index in [4.69, 9.17) is 0 Å². The van der Waals surface area contributed by atoms with E-state index in [1.54, 1.807) is 6.08 Å². The number of allylic oxidation sites excluding steroid dienone is 7. The first-order valence-corrected chi connectivity index (χ1v) is 17.9. The summed E-state index contributed by atoms with van der Waals surface area (Å²) >= 11 is 0. The van der Waals surface area contributed by atoms with E-state index in [0.29, 0.717) is 12.8 Å². The van der Waals surface area contributed by atoms with Gasteiger partial charge in [0.2, 0.25) is 5.91 Å². The van der Waals surface area contributed by atoms with Gasteiger partial charge in [-0.05, 0) is 64.2 Å². The summed E-state index contributed by atoms with van der Waals surface area (Å²) in [5, 5.41) is 13.1. The van der Waals surface area contributed by atoms with Crippen LogP contribution in [0.3, 0.4) is 0 Å². The molecule has 1 amide bonds. The third-order valence-electron chi connectivity index (χ3n) is 6.97. The quantitative estimate of drug-likeness (QED) is 0.0476. The highest BCUT2D eigenvalue weighted by Crippen LogP contribution is 2.11. The van der Waals surface area contributed by atoms with Crippen molar-refractivity contribution >= 4 is 16.0 Å². The smallest absolute Gasteiger partial charge is 0.267 e. The Morgan fingerprint density at radius 3 is 1.66 bits per heavy atom. The SMILES string of the molecule is CC/C=C/CC/C=C/CC/C=C/C(O)C(CS(=O)(=O)O)NC(=O)CCCCCCC/C=C\CCCCCCCCC. The van der Waals surface area contributed by atoms with Crippen LogP contribution in [0.2, 0.25) is 0 Å². The van der Waals surface area contributed by atoms with E-state index in [1.165, 1.54) is 57.4 Å². The first kappa shape index (κ1) is 39.3. The third kappa shape index (κ3) is 29.6. The van der Waals surface area contributed by atoms with Gasteiger partial charge in [0, 0.05) is 6.42 Å². The molecule has 0 saturated heterocycles. The summed E-state index contributed by atoms with van der Waals surface area (Å²) in [5.41, 5.74) is 0. The zero-order valence-corrected chi connectivity index (χ0v) is 27.0. The molecule has 0 aromatic rings. The molecule has 0 bridgehead atoms. The van der Waals surface area contributed by atoms with Crippen molar-refractivity contribution in [1.29, 1.82) is 0 Å². The summed E-state index contributed by atoms with van der Waals surface area (Å²) < 4.78 is 32.2. The van der Waals surface area contributed by atoms with E-state index >= 15 is 0 Å². The fourth-order valence-electron chi connectivity index (χ4n) is 4.54. The van der Waals surface area contributed by atoms with E-state index in [9.17, 15) is 22.9 Å². The maximum absolute atomic E-state index is 12.4. The van der Waals surface area contributed by atoms with Gasteiger partial charge in [0.15, 0.2) is 0 Å². The molecule has 0 rings (SSSR count). The van der Waals surface area contributed by atoms with Gasteiger partial charge in [-0.2, -0.15) is 8.42 Å². The maximum atomic E-state index is 12.4. The Kier molecular flexibility index (Phi) is 27.2. The third-order valence-corrected chi connectivity index (χ3v) is 7.75. The Morgan fingerprint density at radius 1 is 0.659 bits per heavy atom. The van der Waals surface area contributed by atoms with Crippen LogP contribution in [0, 0.1) is 0 Å². The van der Waals surface area contributed by atoms with Crippen LogP contribution in [-0.4, -0.2) is 41.9 Å². The molecule has 3 N–H and O–H groups in total. The van der Waals surface area contributed by atoms with Crippen LogP contribution in [0.4, 0.5) is 0 Å². The van der Waals surface area contributed by atoms with Crippen LogP contribution < -0.4 is 5.32 Å². The van der Waals surface area contributed by atoms with Gasteiger partial charge in [0.1, 0.15) is 0 Å². The predicted octanol–water partition coefficient (Wildman–Crippen LogP) is 8.79. The summed E-state index contributed by atoms with van der Waals surface area (Å²) in [7, 11) is -4.35. The highest BCUT2D eigenvalue weighted by molar-refractivity contribution is 7.85. The van der Waals surface area contributed by atoms with Crippen LogP contribution in [0.5, 0.6) is 0 Å². The fourth-order valence-corrected chi connectivity index (χ4v) is 5.27. The van der Waals surface area contributed by atoms with Crippen molar-refractivity contribution in [3.63, 3.8) is 0 Å². The molecule has 0 heterocycles. The molecule has 0 aromatic carbocycles. The molecule has 0 radical (unpaired) electrons. The Balaban J connectivity index is 4.08.